The maximum Gasteiger partial charge on any atom is 0.320 e. The van der Waals surface area contributed by atoms with E-state index in [1.165, 1.54) is 0 Å². The molecule has 0 radical (unpaired) electrons. The van der Waals surface area contributed by atoms with E-state index >= 15 is 0 Å². The summed E-state index contributed by atoms with van der Waals surface area (Å²) in [4.78, 5) is 33.6. The molecule has 0 aliphatic rings. The second-order valence-corrected chi connectivity index (χ2v) is 8.42. The Morgan fingerprint density at radius 3 is 1.23 bits per heavy atom. The average Bonchev–Trinajstić information content (AvgIpc) is 2.23. The molecule has 13 heteroatoms. The minimum absolute atomic E-state index is 0.825. The number of rotatable bonds is 4. The van der Waals surface area contributed by atoms with Crippen molar-refractivity contribution >= 4 is 87.6 Å². The Balaban J connectivity index is 4.92. The van der Waals surface area contributed by atoms with Crippen molar-refractivity contribution in [3.8, 4) is 0 Å². The number of esters is 2. The molecule has 0 heterocycles. The number of urea groups is 1. The lowest BCUT2D eigenvalue weighted by atomic mass is 10.5. The molecule has 2 N–H and O–H groups in total. The summed E-state index contributed by atoms with van der Waals surface area (Å²) in [7, 11) is 0. The van der Waals surface area contributed by atoms with E-state index in [1.807, 2.05) is 10.6 Å². The Morgan fingerprint density at radius 2 is 1.05 bits per heavy atom. The molecule has 0 aromatic carbocycles. The number of nitrogens with one attached hydrogen (secondary N) is 2. The minimum atomic E-state index is -2.17. The molecular weight excluding hydrogens is 429 g/mol. The highest BCUT2D eigenvalue weighted by Crippen LogP contribution is 2.32. The lowest BCUT2D eigenvalue weighted by Crippen LogP contribution is -2.55. The highest BCUT2D eigenvalue weighted by molar-refractivity contribution is 6.68. The molecule has 0 rings (SSSR count). The lowest BCUT2D eigenvalue weighted by Gasteiger charge is -2.28. The SMILES string of the molecule is CC(=O)O[C@@H](NC(=O)N[C@@H](OC(C)=O)C(Cl)(Cl)Cl)C(Cl)(Cl)Cl. The first-order chi connectivity index (χ1) is 9.73. The molecule has 22 heavy (non-hydrogen) atoms. The molecule has 0 bridgehead atoms. The topological polar surface area (TPSA) is 93.7 Å². The summed E-state index contributed by atoms with van der Waals surface area (Å²) >= 11 is 33.3. The van der Waals surface area contributed by atoms with E-state index in [2.05, 4.69) is 9.47 Å². The van der Waals surface area contributed by atoms with Crippen LogP contribution in [-0.4, -0.2) is 38.0 Å². The number of carbonyl (C=O) groups excluding carboxylic acids is 3. The minimum Gasteiger partial charge on any atom is -0.437 e. The summed E-state index contributed by atoms with van der Waals surface area (Å²) in [5.41, 5.74) is 0. The van der Waals surface area contributed by atoms with Crippen molar-refractivity contribution in [1.29, 1.82) is 0 Å². The zero-order valence-electron chi connectivity index (χ0n) is 11.0. The molecule has 7 nitrogen and oxygen atoms in total. The van der Waals surface area contributed by atoms with Crippen molar-refractivity contribution in [2.75, 3.05) is 0 Å². The van der Waals surface area contributed by atoms with Crippen LogP contribution in [-0.2, 0) is 19.1 Å². The molecule has 0 spiro atoms. The third-order valence-electron chi connectivity index (χ3n) is 1.69. The summed E-state index contributed by atoms with van der Waals surface area (Å²) in [5, 5.41) is 4.02. The van der Waals surface area contributed by atoms with Crippen LogP contribution in [0.25, 0.3) is 0 Å². The number of hydrogen-bond donors (Lipinski definition) is 2. The van der Waals surface area contributed by atoms with E-state index in [0.717, 1.165) is 13.8 Å². The van der Waals surface area contributed by atoms with Crippen molar-refractivity contribution in [2.45, 2.75) is 33.9 Å². The van der Waals surface area contributed by atoms with Crippen LogP contribution in [0.5, 0.6) is 0 Å². The number of ether oxygens (including phenoxy) is 2. The smallest absolute Gasteiger partial charge is 0.320 e. The fourth-order valence-electron chi connectivity index (χ4n) is 0.968. The molecular formula is C9H10Cl6N2O5. The van der Waals surface area contributed by atoms with E-state index in [0.29, 0.717) is 0 Å². The predicted molar refractivity (Wildman–Crippen MR) is 83.4 cm³/mol. The fraction of sp³-hybridized carbons (Fsp3) is 0.667. The lowest BCUT2D eigenvalue weighted by molar-refractivity contribution is -0.147. The van der Waals surface area contributed by atoms with Crippen molar-refractivity contribution in [1.82, 2.24) is 10.6 Å². The molecule has 128 valence electrons. The summed E-state index contributed by atoms with van der Waals surface area (Å²) in [6.45, 7) is 2.07. The fourth-order valence-corrected chi connectivity index (χ4v) is 1.56. The van der Waals surface area contributed by atoms with Crippen LogP contribution < -0.4 is 10.6 Å². The number of halogens is 6. The molecule has 0 saturated carbocycles. The quantitative estimate of drug-likeness (QED) is 0.400. The van der Waals surface area contributed by atoms with E-state index in [4.69, 9.17) is 69.6 Å². The monoisotopic (exact) mass is 436 g/mol. The Bertz CT molecular complexity index is 397. The number of alkyl halides is 6. The van der Waals surface area contributed by atoms with Gasteiger partial charge in [0.15, 0.2) is 0 Å². The Morgan fingerprint density at radius 1 is 0.773 bits per heavy atom. The number of hydrogen-bond acceptors (Lipinski definition) is 5. The predicted octanol–water partition coefficient (Wildman–Crippen LogP) is 2.80. The van der Waals surface area contributed by atoms with Gasteiger partial charge in [-0.1, -0.05) is 69.6 Å². The first kappa shape index (κ1) is 21.9. The van der Waals surface area contributed by atoms with Crippen LogP contribution in [0, 0.1) is 0 Å². The van der Waals surface area contributed by atoms with Gasteiger partial charge in [-0.3, -0.25) is 20.2 Å². The maximum atomic E-state index is 11.8. The highest BCUT2D eigenvalue weighted by Gasteiger charge is 2.40. The molecule has 0 aromatic rings. The maximum absolute atomic E-state index is 11.8. The van der Waals surface area contributed by atoms with Crippen LogP contribution in [0.2, 0.25) is 0 Å². The van der Waals surface area contributed by atoms with Gasteiger partial charge in [0.1, 0.15) is 0 Å². The Hall–Kier alpha value is -0.0500. The molecule has 0 fully saturated rings. The summed E-state index contributed by atoms with van der Waals surface area (Å²) in [5.74, 6) is -1.65. The molecule has 0 aromatic heterocycles. The van der Waals surface area contributed by atoms with Crippen LogP contribution in [0.4, 0.5) is 4.79 Å². The second-order valence-electron chi connectivity index (χ2n) is 3.68. The summed E-state index contributed by atoms with van der Waals surface area (Å²) in [6.07, 6.45) is -3.27. The molecule has 0 unspecified atom stereocenters. The van der Waals surface area contributed by atoms with Gasteiger partial charge in [-0.15, -0.1) is 0 Å². The normalized spacial score (nSPS) is 14.5. The number of amides is 2. The largest absolute Gasteiger partial charge is 0.437 e. The van der Waals surface area contributed by atoms with Gasteiger partial charge in [-0.2, -0.15) is 0 Å². The molecule has 0 aliphatic heterocycles. The number of carbonyl (C=O) groups is 3. The van der Waals surface area contributed by atoms with Crippen molar-refractivity contribution in [3.63, 3.8) is 0 Å². The van der Waals surface area contributed by atoms with Gasteiger partial charge >= 0.3 is 18.0 Å². The molecule has 2 amide bonds. The van der Waals surface area contributed by atoms with Crippen molar-refractivity contribution in [3.05, 3.63) is 0 Å². The van der Waals surface area contributed by atoms with Gasteiger partial charge in [0.05, 0.1) is 0 Å². The first-order valence-corrected chi connectivity index (χ1v) is 7.55. The van der Waals surface area contributed by atoms with E-state index < -0.39 is 38.0 Å². The Labute approximate surface area is 155 Å². The summed E-state index contributed by atoms with van der Waals surface area (Å²) < 4.78 is 4.91. The van der Waals surface area contributed by atoms with Gasteiger partial charge in [0.2, 0.25) is 20.0 Å². The Kier molecular flexibility index (Phi) is 8.68. The van der Waals surface area contributed by atoms with Crippen LogP contribution in [0.15, 0.2) is 0 Å². The second kappa shape index (κ2) is 8.70. The van der Waals surface area contributed by atoms with E-state index in [-0.39, 0.29) is 0 Å². The highest BCUT2D eigenvalue weighted by atomic mass is 35.6. The summed E-state index contributed by atoms with van der Waals surface area (Å²) in [6, 6.07) is -1.09. The van der Waals surface area contributed by atoms with Crippen molar-refractivity contribution < 1.29 is 23.9 Å². The van der Waals surface area contributed by atoms with Gasteiger partial charge in [0, 0.05) is 13.8 Å². The van der Waals surface area contributed by atoms with E-state index in [1.54, 1.807) is 0 Å². The van der Waals surface area contributed by atoms with E-state index in [9.17, 15) is 14.4 Å². The van der Waals surface area contributed by atoms with Gasteiger partial charge in [-0.25, -0.2) is 4.79 Å². The molecule has 0 aliphatic carbocycles. The first-order valence-electron chi connectivity index (χ1n) is 5.28. The third-order valence-corrected chi connectivity index (χ3v) is 2.88. The van der Waals surface area contributed by atoms with Crippen LogP contribution >= 0.6 is 69.6 Å². The molecule has 2 atom stereocenters. The van der Waals surface area contributed by atoms with Crippen LogP contribution in [0.3, 0.4) is 0 Å². The van der Waals surface area contributed by atoms with Gasteiger partial charge in [-0.05, 0) is 0 Å². The standard InChI is InChI=1S/C9H10Cl6N2O5/c1-3(18)21-5(8(10,11)12)16-7(20)17-6(9(13,14)15)22-4(2)19/h5-6H,1-2H3,(H2,16,17,20)/t5-,6+. The zero-order valence-corrected chi connectivity index (χ0v) is 15.5. The van der Waals surface area contributed by atoms with Gasteiger partial charge in [0.25, 0.3) is 0 Å². The van der Waals surface area contributed by atoms with Gasteiger partial charge < -0.3 is 9.47 Å². The zero-order chi connectivity index (χ0) is 17.7. The van der Waals surface area contributed by atoms with Crippen molar-refractivity contribution in [2.24, 2.45) is 0 Å². The molecule has 0 saturated heterocycles. The third kappa shape index (κ3) is 9.17. The average molecular weight is 439 g/mol. The van der Waals surface area contributed by atoms with Crippen LogP contribution in [0.1, 0.15) is 13.8 Å².